The van der Waals surface area contributed by atoms with Crippen LogP contribution >= 0.6 is 0 Å². The van der Waals surface area contributed by atoms with Gasteiger partial charge in [-0.3, -0.25) is 9.69 Å². The Morgan fingerprint density at radius 2 is 1.93 bits per heavy atom. The fourth-order valence-corrected chi connectivity index (χ4v) is 3.62. The van der Waals surface area contributed by atoms with Gasteiger partial charge in [0.05, 0.1) is 11.1 Å². The predicted molar refractivity (Wildman–Crippen MR) is 102 cm³/mol. The van der Waals surface area contributed by atoms with Crippen LogP contribution in [0, 0.1) is 13.8 Å². The van der Waals surface area contributed by atoms with Gasteiger partial charge in [-0.15, -0.1) is 0 Å². The van der Waals surface area contributed by atoms with Crippen molar-refractivity contribution in [1.82, 2.24) is 9.80 Å². The second kappa shape index (κ2) is 6.87. The largest absolute Gasteiger partial charge is 0.507 e. The van der Waals surface area contributed by atoms with E-state index < -0.39 is 0 Å². The number of likely N-dealkylation sites (N-methyl/N-ethyl adjacent to an activating group) is 1. The summed E-state index contributed by atoms with van der Waals surface area (Å²) in [5, 5.41) is 10.5. The first-order valence-corrected chi connectivity index (χ1v) is 9.19. The molecular formula is C21H24N2O4. The van der Waals surface area contributed by atoms with Gasteiger partial charge < -0.3 is 19.2 Å². The minimum atomic E-state index is -0.170. The molecule has 0 saturated carbocycles. The normalized spacial score (nSPS) is 19.5. The molecule has 2 aliphatic heterocycles. The minimum Gasteiger partial charge on any atom is -0.507 e. The number of aryl methyl sites for hydroxylation is 2. The van der Waals surface area contributed by atoms with Crippen LogP contribution in [0.2, 0.25) is 0 Å². The maximum Gasteiger partial charge on any atom is 0.232 e. The second-order valence-corrected chi connectivity index (χ2v) is 7.36. The first kappa shape index (κ1) is 17.8. The van der Waals surface area contributed by atoms with Crippen molar-refractivity contribution in [2.75, 3.05) is 33.2 Å². The third-order valence-corrected chi connectivity index (χ3v) is 5.23. The van der Waals surface area contributed by atoms with Gasteiger partial charge in [0.2, 0.25) is 5.78 Å². The highest BCUT2D eigenvalue weighted by molar-refractivity contribution is 6.15. The summed E-state index contributed by atoms with van der Waals surface area (Å²) in [6.45, 7) is 8.03. The number of furan rings is 1. The molecule has 1 aromatic heterocycles. The van der Waals surface area contributed by atoms with Crippen molar-refractivity contribution in [3.63, 3.8) is 0 Å². The molecule has 0 spiro atoms. The monoisotopic (exact) mass is 368 g/mol. The van der Waals surface area contributed by atoms with E-state index in [9.17, 15) is 9.90 Å². The molecule has 0 radical (unpaired) electrons. The molecule has 1 N–H and O–H groups in total. The minimum absolute atomic E-state index is 0.170. The van der Waals surface area contributed by atoms with Gasteiger partial charge in [-0.05, 0) is 44.7 Å². The molecular weight excluding hydrogens is 344 g/mol. The molecule has 27 heavy (non-hydrogen) atoms. The van der Waals surface area contributed by atoms with Crippen molar-refractivity contribution < 1.29 is 19.1 Å². The number of ketones is 1. The molecule has 0 amide bonds. The maximum atomic E-state index is 12.9. The van der Waals surface area contributed by atoms with E-state index in [1.165, 1.54) is 0 Å². The average Bonchev–Trinajstić information content (AvgIpc) is 3.17. The van der Waals surface area contributed by atoms with Crippen LogP contribution in [0.1, 0.15) is 33.0 Å². The van der Waals surface area contributed by atoms with Crippen LogP contribution in [-0.4, -0.2) is 53.9 Å². The first-order valence-electron chi connectivity index (χ1n) is 9.19. The highest BCUT2D eigenvalue weighted by Crippen LogP contribution is 2.42. The van der Waals surface area contributed by atoms with E-state index in [0.29, 0.717) is 34.7 Å². The number of carbonyl (C=O) groups is 1. The van der Waals surface area contributed by atoms with Crippen molar-refractivity contribution in [2.45, 2.75) is 20.4 Å². The molecule has 4 rings (SSSR count). The van der Waals surface area contributed by atoms with Gasteiger partial charge in [0, 0.05) is 38.8 Å². The van der Waals surface area contributed by atoms with Crippen LogP contribution in [-0.2, 0) is 6.54 Å². The summed E-state index contributed by atoms with van der Waals surface area (Å²) in [5.41, 5.74) is 1.92. The number of phenols is 1. The Morgan fingerprint density at radius 3 is 2.59 bits per heavy atom. The molecule has 0 aliphatic carbocycles. The number of hydrogen-bond donors (Lipinski definition) is 1. The Labute approximate surface area is 158 Å². The average molecular weight is 368 g/mol. The molecule has 2 aromatic rings. The highest BCUT2D eigenvalue weighted by atomic mass is 16.5. The summed E-state index contributed by atoms with van der Waals surface area (Å²) in [5.74, 6) is 2.06. The number of hydrogen-bond acceptors (Lipinski definition) is 6. The van der Waals surface area contributed by atoms with E-state index in [4.69, 9.17) is 9.15 Å². The Bertz CT molecular complexity index is 921. The van der Waals surface area contributed by atoms with E-state index in [1.807, 2.05) is 19.9 Å². The molecule has 3 heterocycles. The maximum absolute atomic E-state index is 12.9. The number of aromatic hydroxyl groups is 1. The van der Waals surface area contributed by atoms with Gasteiger partial charge >= 0.3 is 0 Å². The second-order valence-electron chi connectivity index (χ2n) is 7.36. The SMILES string of the molecule is Cc1ccc(/C=C2\Oc3c(CN4CCN(C)CC4)c(O)cc(C)c3C2=O)o1. The van der Waals surface area contributed by atoms with Crippen LogP contribution in [0.5, 0.6) is 11.5 Å². The Kier molecular flexibility index (Phi) is 4.53. The van der Waals surface area contributed by atoms with Gasteiger partial charge in [0.25, 0.3) is 0 Å². The molecule has 0 unspecified atom stereocenters. The lowest BCUT2D eigenvalue weighted by Gasteiger charge is -2.32. The van der Waals surface area contributed by atoms with E-state index in [-0.39, 0.29) is 17.3 Å². The van der Waals surface area contributed by atoms with Crippen molar-refractivity contribution in [1.29, 1.82) is 0 Å². The van der Waals surface area contributed by atoms with E-state index in [1.54, 1.807) is 18.2 Å². The third-order valence-electron chi connectivity index (χ3n) is 5.23. The summed E-state index contributed by atoms with van der Waals surface area (Å²) in [6.07, 6.45) is 1.62. The Morgan fingerprint density at radius 1 is 1.19 bits per heavy atom. The van der Waals surface area contributed by atoms with Crippen molar-refractivity contribution in [2.24, 2.45) is 0 Å². The van der Waals surface area contributed by atoms with Crippen LogP contribution < -0.4 is 4.74 Å². The number of nitrogens with zero attached hydrogens (tertiary/aromatic N) is 2. The number of carbonyl (C=O) groups excluding carboxylic acids is 1. The topological polar surface area (TPSA) is 66.2 Å². The summed E-state index contributed by atoms with van der Waals surface area (Å²) in [6, 6.07) is 5.30. The number of piperazine rings is 1. The smallest absolute Gasteiger partial charge is 0.232 e. The number of allylic oxidation sites excluding steroid dienone is 1. The fourth-order valence-electron chi connectivity index (χ4n) is 3.62. The molecule has 142 valence electrons. The van der Waals surface area contributed by atoms with E-state index >= 15 is 0 Å². The summed E-state index contributed by atoms with van der Waals surface area (Å²) in [4.78, 5) is 17.4. The summed E-state index contributed by atoms with van der Waals surface area (Å²) < 4.78 is 11.5. The lowest BCUT2D eigenvalue weighted by atomic mass is 9.99. The molecule has 0 atom stereocenters. The molecule has 1 saturated heterocycles. The van der Waals surface area contributed by atoms with Gasteiger partial charge in [-0.1, -0.05) is 0 Å². The van der Waals surface area contributed by atoms with Crippen molar-refractivity contribution >= 4 is 11.9 Å². The van der Waals surface area contributed by atoms with Crippen LogP contribution in [0.25, 0.3) is 6.08 Å². The molecule has 6 heteroatoms. The number of Topliss-reactive ketones (excluding diaryl/α,β-unsaturated/α-hetero) is 1. The number of fused-ring (bicyclic) bond motifs is 1. The molecule has 1 aromatic carbocycles. The standard InChI is InChI=1S/C21H24N2O4/c1-13-10-17(24)16(12-23-8-6-22(3)7-9-23)21-19(13)20(25)18(27-21)11-15-5-4-14(2)26-15/h4-5,10-11,24H,6-9,12H2,1-3H3/b18-11-. The third kappa shape index (κ3) is 3.38. The van der Waals surface area contributed by atoms with Crippen LogP contribution in [0.15, 0.2) is 28.4 Å². The lowest BCUT2D eigenvalue weighted by Crippen LogP contribution is -2.43. The van der Waals surface area contributed by atoms with E-state index in [0.717, 1.165) is 31.9 Å². The quantitative estimate of drug-likeness (QED) is 0.841. The zero-order valence-electron chi connectivity index (χ0n) is 15.9. The van der Waals surface area contributed by atoms with Gasteiger partial charge in [-0.25, -0.2) is 0 Å². The zero-order chi connectivity index (χ0) is 19.1. The molecule has 2 aliphatic rings. The predicted octanol–water partition coefficient (Wildman–Crippen LogP) is 2.97. The van der Waals surface area contributed by atoms with E-state index in [2.05, 4.69) is 16.8 Å². The van der Waals surface area contributed by atoms with Gasteiger partial charge in [-0.2, -0.15) is 0 Å². The molecule has 6 nitrogen and oxygen atoms in total. The first-order chi connectivity index (χ1) is 12.9. The number of ether oxygens (including phenoxy) is 1. The Balaban J connectivity index is 1.67. The summed E-state index contributed by atoms with van der Waals surface area (Å²) in [7, 11) is 2.10. The fraction of sp³-hybridized carbons (Fsp3) is 0.381. The highest BCUT2D eigenvalue weighted by Gasteiger charge is 2.34. The number of phenolic OH excluding ortho intramolecular Hbond substituents is 1. The Hall–Kier alpha value is -2.57. The van der Waals surface area contributed by atoms with Gasteiger partial charge in [0.1, 0.15) is 23.0 Å². The molecule has 0 bridgehead atoms. The molecule has 1 fully saturated rings. The lowest BCUT2D eigenvalue weighted by molar-refractivity contribution is 0.101. The van der Waals surface area contributed by atoms with Crippen molar-refractivity contribution in [3.05, 3.63) is 52.2 Å². The van der Waals surface area contributed by atoms with Crippen molar-refractivity contribution in [3.8, 4) is 11.5 Å². The van der Waals surface area contributed by atoms with Crippen LogP contribution in [0.3, 0.4) is 0 Å². The summed E-state index contributed by atoms with van der Waals surface area (Å²) >= 11 is 0. The number of rotatable bonds is 3. The van der Waals surface area contributed by atoms with Crippen LogP contribution in [0.4, 0.5) is 0 Å². The van der Waals surface area contributed by atoms with Gasteiger partial charge in [0.15, 0.2) is 5.76 Å². The zero-order valence-corrected chi connectivity index (χ0v) is 15.9. The number of benzene rings is 1.